The molecule has 1 N–H and O–H groups in total. The van der Waals surface area contributed by atoms with Gasteiger partial charge in [-0.25, -0.2) is 0 Å². The Morgan fingerprint density at radius 1 is 1.22 bits per heavy atom. The van der Waals surface area contributed by atoms with Crippen molar-refractivity contribution in [3.63, 3.8) is 0 Å². The summed E-state index contributed by atoms with van der Waals surface area (Å²) in [7, 11) is 1.55. The van der Waals surface area contributed by atoms with Gasteiger partial charge in [-0.05, 0) is 19.4 Å². The first-order chi connectivity index (χ1) is 11.0. The number of methoxy groups -OCH3 is 1. The number of hydrogen-bond acceptors (Lipinski definition) is 6. The molecular formula is C17H24O6. The largest absolute Gasteiger partial charge is 0.387 e. The molecule has 0 aliphatic carbocycles. The van der Waals surface area contributed by atoms with E-state index in [9.17, 15) is 5.11 Å². The number of ether oxygens (including phenoxy) is 5. The smallest absolute Gasteiger partial charge is 0.189 e. The number of aliphatic hydroxyl groups excluding tert-OH is 1. The van der Waals surface area contributed by atoms with Crippen LogP contribution in [0.2, 0.25) is 0 Å². The molecule has 2 aliphatic heterocycles. The summed E-state index contributed by atoms with van der Waals surface area (Å²) in [5, 5.41) is 10.6. The van der Waals surface area contributed by atoms with E-state index in [4.69, 9.17) is 23.7 Å². The number of aliphatic hydroxyl groups is 1. The highest BCUT2D eigenvalue weighted by molar-refractivity contribution is 5.13. The molecule has 2 aliphatic rings. The summed E-state index contributed by atoms with van der Waals surface area (Å²) in [5.41, 5.74) is 1.05. The molecule has 128 valence electrons. The van der Waals surface area contributed by atoms with Crippen molar-refractivity contribution in [2.75, 3.05) is 13.7 Å². The second kappa shape index (κ2) is 6.84. The van der Waals surface area contributed by atoms with Crippen molar-refractivity contribution in [2.45, 2.75) is 56.9 Å². The highest BCUT2D eigenvalue weighted by Crippen LogP contribution is 2.35. The van der Waals surface area contributed by atoms with Crippen molar-refractivity contribution < 1.29 is 28.8 Å². The molecule has 23 heavy (non-hydrogen) atoms. The van der Waals surface area contributed by atoms with Gasteiger partial charge in [-0.1, -0.05) is 30.3 Å². The summed E-state index contributed by atoms with van der Waals surface area (Å²) < 4.78 is 28.6. The minimum Gasteiger partial charge on any atom is -0.387 e. The van der Waals surface area contributed by atoms with E-state index >= 15 is 0 Å². The lowest BCUT2D eigenvalue weighted by Gasteiger charge is -2.29. The van der Waals surface area contributed by atoms with Gasteiger partial charge in [0.2, 0.25) is 0 Å². The van der Waals surface area contributed by atoms with E-state index in [2.05, 4.69) is 0 Å². The molecule has 0 unspecified atom stereocenters. The molecule has 2 fully saturated rings. The zero-order valence-electron chi connectivity index (χ0n) is 13.7. The van der Waals surface area contributed by atoms with Crippen molar-refractivity contribution in [3.05, 3.63) is 35.9 Å². The molecule has 2 heterocycles. The van der Waals surface area contributed by atoms with Crippen molar-refractivity contribution in [1.29, 1.82) is 0 Å². The maximum atomic E-state index is 10.6. The first kappa shape index (κ1) is 16.8. The van der Waals surface area contributed by atoms with Crippen molar-refractivity contribution in [2.24, 2.45) is 0 Å². The van der Waals surface area contributed by atoms with E-state index in [1.807, 2.05) is 30.3 Å². The van der Waals surface area contributed by atoms with Gasteiger partial charge in [-0.2, -0.15) is 0 Å². The topological polar surface area (TPSA) is 66.4 Å². The van der Waals surface area contributed by atoms with Crippen molar-refractivity contribution in [3.8, 4) is 0 Å². The molecule has 0 radical (unpaired) electrons. The van der Waals surface area contributed by atoms with E-state index in [1.54, 1.807) is 21.0 Å². The zero-order valence-corrected chi connectivity index (χ0v) is 13.7. The fourth-order valence-electron chi connectivity index (χ4n) is 3.02. The van der Waals surface area contributed by atoms with Crippen molar-refractivity contribution >= 4 is 0 Å². The van der Waals surface area contributed by atoms with Crippen LogP contribution in [0.25, 0.3) is 0 Å². The van der Waals surface area contributed by atoms with E-state index in [1.165, 1.54) is 0 Å². The standard InChI is InChI=1S/C17H24O6/c1-17(2)22-15-13(18)14(19-3)12(10-21-16(15)23-17)20-9-11-7-5-4-6-8-11/h4-8,12-16,18H,9-10H2,1-3H3/t12-,13+,14-,15-,16-/m1/s1. The molecule has 0 spiro atoms. The van der Waals surface area contributed by atoms with Crippen LogP contribution in [-0.2, 0) is 30.3 Å². The van der Waals surface area contributed by atoms with E-state index in [-0.39, 0.29) is 6.61 Å². The molecule has 1 aromatic carbocycles. The Hall–Kier alpha value is -1.02. The van der Waals surface area contributed by atoms with Crippen LogP contribution < -0.4 is 0 Å². The van der Waals surface area contributed by atoms with E-state index in [0.29, 0.717) is 6.61 Å². The first-order valence-electron chi connectivity index (χ1n) is 7.84. The summed E-state index contributed by atoms with van der Waals surface area (Å²) in [6.45, 7) is 4.28. The third-order valence-electron chi connectivity index (χ3n) is 4.13. The molecule has 1 aromatic rings. The molecular weight excluding hydrogens is 300 g/mol. The molecule has 6 heteroatoms. The van der Waals surface area contributed by atoms with Gasteiger partial charge < -0.3 is 28.8 Å². The second-order valence-corrected chi connectivity index (χ2v) is 6.33. The first-order valence-corrected chi connectivity index (χ1v) is 7.84. The van der Waals surface area contributed by atoms with Gasteiger partial charge in [0.15, 0.2) is 12.1 Å². The van der Waals surface area contributed by atoms with Crippen LogP contribution in [0.5, 0.6) is 0 Å². The number of hydrogen-bond donors (Lipinski definition) is 1. The summed E-state index contributed by atoms with van der Waals surface area (Å²) in [5.74, 6) is -0.785. The second-order valence-electron chi connectivity index (χ2n) is 6.33. The lowest BCUT2D eigenvalue weighted by molar-refractivity contribution is -0.210. The molecule has 3 rings (SSSR count). The van der Waals surface area contributed by atoms with Gasteiger partial charge in [0.25, 0.3) is 0 Å². The van der Waals surface area contributed by atoms with Gasteiger partial charge in [0, 0.05) is 7.11 Å². The summed E-state index contributed by atoms with van der Waals surface area (Å²) >= 11 is 0. The molecule has 6 nitrogen and oxygen atoms in total. The van der Waals surface area contributed by atoms with Gasteiger partial charge >= 0.3 is 0 Å². The Balaban J connectivity index is 1.68. The predicted molar refractivity (Wildman–Crippen MR) is 81.6 cm³/mol. The molecule has 5 atom stereocenters. The van der Waals surface area contributed by atoms with Crippen LogP contribution in [0, 0.1) is 0 Å². The zero-order chi connectivity index (χ0) is 16.4. The van der Waals surface area contributed by atoms with Crippen LogP contribution in [0.3, 0.4) is 0 Å². The normalized spacial score (nSPS) is 36.4. The quantitative estimate of drug-likeness (QED) is 0.904. The highest BCUT2D eigenvalue weighted by atomic mass is 16.8. The monoisotopic (exact) mass is 324 g/mol. The Morgan fingerprint density at radius 3 is 2.65 bits per heavy atom. The van der Waals surface area contributed by atoms with Gasteiger partial charge in [0.05, 0.1) is 13.2 Å². The third-order valence-corrected chi connectivity index (χ3v) is 4.13. The Morgan fingerprint density at radius 2 is 1.96 bits per heavy atom. The maximum absolute atomic E-state index is 10.6. The maximum Gasteiger partial charge on any atom is 0.189 e. The summed E-state index contributed by atoms with van der Waals surface area (Å²) in [4.78, 5) is 0. The third kappa shape index (κ3) is 3.74. The average Bonchev–Trinajstić information content (AvgIpc) is 2.79. The summed E-state index contributed by atoms with van der Waals surface area (Å²) in [6.07, 6.45) is -3.07. The van der Waals surface area contributed by atoms with Gasteiger partial charge in [-0.3, -0.25) is 0 Å². The van der Waals surface area contributed by atoms with Gasteiger partial charge in [0.1, 0.15) is 24.4 Å². The van der Waals surface area contributed by atoms with E-state index in [0.717, 1.165) is 5.56 Å². The van der Waals surface area contributed by atoms with Crippen LogP contribution >= 0.6 is 0 Å². The van der Waals surface area contributed by atoms with Crippen LogP contribution in [-0.4, -0.2) is 55.3 Å². The van der Waals surface area contributed by atoms with E-state index < -0.39 is 36.5 Å². The van der Waals surface area contributed by atoms with Crippen LogP contribution in [0.4, 0.5) is 0 Å². The lowest BCUT2D eigenvalue weighted by atomic mass is 10.0. The van der Waals surface area contributed by atoms with Crippen molar-refractivity contribution in [1.82, 2.24) is 0 Å². The molecule has 2 saturated heterocycles. The molecule has 0 saturated carbocycles. The Kier molecular flexibility index (Phi) is 5.01. The fourth-order valence-corrected chi connectivity index (χ4v) is 3.02. The minimum atomic E-state index is -0.893. The SMILES string of the molecule is CO[C@H]1[C@H](O)[C@H]2OC(C)(C)O[C@H]2OC[C@H]1OCc1ccccc1. The van der Waals surface area contributed by atoms with Crippen LogP contribution in [0.15, 0.2) is 30.3 Å². The average molecular weight is 324 g/mol. The fraction of sp³-hybridized carbons (Fsp3) is 0.647. The van der Waals surface area contributed by atoms with Gasteiger partial charge in [-0.15, -0.1) is 0 Å². The molecule has 0 aromatic heterocycles. The minimum absolute atomic E-state index is 0.267. The Labute approximate surface area is 136 Å². The predicted octanol–water partition coefficient (Wildman–Crippen LogP) is 1.46. The highest BCUT2D eigenvalue weighted by Gasteiger charge is 2.51. The summed E-state index contributed by atoms with van der Waals surface area (Å²) in [6, 6.07) is 9.84. The van der Waals surface area contributed by atoms with Crippen LogP contribution in [0.1, 0.15) is 19.4 Å². The number of benzene rings is 1. The molecule has 0 bridgehead atoms. The Bertz CT molecular complexity index is 505. The lowest BCUT2D eigenvalue weighted by Crippen LogP contribution is -2.47. The number of rotatable bonds is 4. The molecule has 0 amide bonds. The number of fused-ring (bicyclic) bond motifs is 1.